The standard InChI is InChI=1S/C12H12N2O2/c1-16-12(15)7-11-13-8-10(14-11)9-5-3-2-4-6-9/h2-6,8H,7H2,1H3,(H,13,14). The maximum Gasteiger partial charge on any atom is 0.313 e. The van der Waals surface area contributed by atoms with Crippen LogP contribution in [-0.2, 0) is 16.0 Å². The van der Waals surface area contributed by atoms with Crippen molar-refractivity contribution in [3.8, 4) is 11.3 Å². The monoisotopic (exact) mass is 216 g/mol. The van der Waals surface area contributed by atoms with Crippen molar-refractivity contribution >= 4 is 5.97 Å². The van der Waals surface area contributed by atoms with Crippen LogP contribution in [0.3, 0.4) is 0 Å². The molecule has 16 heavy (non-hydrogen) atoms. The van der Waals surface area contributed by atoms with Crippen molar-refractivity contribution in [3.05, 3.63) is 42.4 Å². The predicted molar refractivity (Wildman–Crippen MR) is 59.7 cm³/mol. The number of methoxy groups -OCH3 is 1. The Kier molecular flexibility index (Phi) is 3.00. The number of imidazole rings is 1. The van der Waals surface area contributed by atoms with E-state index < -0.39 is 0 Å². The van der Waals surface area contributed by atoms with Gasteiger partial charge in [0.15, 0.2) is 0 Å². The molecule has 0 aliphatic heterocycles. The van der Waals surface area contributed by atoms with Crippen molar-refractivity contribution < 1.29 is 9.53 Å². The van der Waals surface area contributed by atoms with Crippen LogP contribution in [0.5, 0.6) is 0 Å². The number of nitrogens with zero attached hydrogens (tertiary/aromatic N) is 1. The van der Waals surface area contributed by atoms with E-state index in [9.17, 15) is 4.79 Å². The Labute approximate surface area is 93.3 Å². The van der Waals surface area contributed by atoms with Crippen LogP contribution in [0, 0.1) is 0 Å². The third kappa shape index (κ3) is 2.28. The van der Waals surface area contributed by atoms with Crippen LogP contribution >= 0.6 is 0 Å². The summed E-state index contributed by atoms with van der Waals surface area (Å²) in [4.78, 5) is 18.3. The van der Waals surface area contributed by atoms with E-state index in [1.54, 1.807) is 6.20 Å². The zero-order valence-electron chi connectivity index (χ0n) is 8.93. The van der Waals surface area contributed by atoms with E-state index >= 15 is 0 Å². The number of esters is 1. The third-order valence-electron chi connectivity index (χ3n) is 2.25. The van der Waals surface area contributed by atoms with Crippen LogP contribution in [0.4, 0.5) is 0 Å². The number of rotatable bonds is 3. The van der Waals surface area contributed by atoms with E-state index in [-0.39, 0.29) is 12.4 Å². The SMILES string of the molecule is COC(=O)Cc1ncc(-c2ccccc2)[nH]1. The fourth-order valence-corrected chi connectivity index (χ4v) is 1.43. The molecule has 4 nitrogen and oxygen atoms in total. The first-order valence-electron chi connectivity index (χ1n) is 4.95. The number of aromatic amines is 1. The number of carbonyl (C=O) groups is 1. The summed E-state index contributed by atoms with van der Waals surface area (Å²) in [6.07, 6.45) is 1.89. The van der Waals surface area contributed by atoms with Gasteiger partial charge >= 0.3 is 5.97 Å². The van der Waals surface area contributed by atoms with E-state index in [1.807, 2.05) is 30.3 Å². The van der Waals surface area contributed by atoms with Gasteiger partial charge < -0.3 is 9.72 Å². The van der Waals surface area contributed by atoms with Crippen molar-refractivity contribution in [1.29, 1.82) is 0 Å². The van der Waals surface area contributed by atoms with Crippen molar-refractivity contribution in [1.82, 2.24) is 9.97 Å². The maximum absolute atomic E-state index is 11.0. The number of ether oxygens (including phenoxy) is 1. The van der Waals surface area contributed by atoms with E-state index in [0.29, 0.717) is 5.82 Å². The Morgan fingerprint density at radius 3 is 2.81 bits per heavy atom. The van der Waals surface area contributed by atoms with Crippen LogP contribution in [-0.4, -0.2) is 23.0 Å². The molecule has 0 fully saturated rings. The number of aromatic nitrogens is 2. The minimum Gasteiger partial charge on any atom is -0.469 e. The Balaban J connectivity index is 2.17. The summed E-state index contributed by atoms with van der Waals surface area (Å²) in [5.74, 6) is 0.319. The molecule has 0 atom stereocenters. The number of hydrogen-bond acceptors (Lipinski definition) is 3. The highest BCUT2D eigenvalue weighted by Crippen LogP contribution is 2.16. The summed E-state index contributed by atoms with van der Waals surface area (Å²) in [5, 5.41) is 0. The summed E-state index contributed by atoms with van der Waals surface area (Å²) >= 11 is 0. The second-order valence-corrected chi connectivity index (χ2v) is 3.36. The quantitative estimate of drug-likeness (QED) is 0.796. The number of nitrogens with one attached hydrogen (secondary N) is 1. The summed E-state index contributed by atoms with van der Waals surface area (Å²) < 4.78 is 4.57. The van der Waals surface area contributed by atoms with Crippen LogP contribution < -0.4 is 0 Å². The average molecular weight is 216 g/mol. The number of hydrogen-bond donors (Lipinski definition) is 1. The molecule has 1 heterocycles. The third-order valence-corrected chi connectivity index (χ3v) is 2.25. The molecule has 2 rings (SSSR count). The molecule has 1 N–H and O–H groups in total. The van der Waals surface area contributed by atoms with Crippen LogP contribution in [0.25, 0.3) is 11.3 Å². The number of benzene rings is 1. The summed E-state index contributed by atoms with van der Waals surface area (Å²) in [5.41, 5.74) is 1.95. The van der Waals surface area contributed by atoms with Gasteiger partial charge in [-0.1, -0.05) is 30.3 Å². The predicted octanol–water partition coefficient (Wildman–Crippen LogP) is 1.79. The fraction of sp³-hybridized carbons (Fsp3) is 0.167. The van der Waals surface area contributed by atoms with Crippen molar-refractivity contribution in [2.75, 3.05) is 7.11 Å². The lowest BCUT2D eigenvalue weighted by molar-refractivity contribution is -0.139. The van der Waals surface area contributed by atoms with Gasteiger partial charge in [-0.05, 0) is 5.56 Å². The first-order chi connectivity index (χ1) is 7.79. The van der Waals surface area contributed by atoms with Crippen LogP contribution in [0.15, 0.2) is 36.5 Å². The molecule has 0 aliphatic carbocycles. The van der Waals surface area contributed by atoms with Gasteiger partial charge in [-0.3, -0.25) is 4.79 Å². The molecular weight excluding hydrogens is 204 g/mol. The molecule has 1 aromatic heterocycles. The zero-order chi connectivity index (χ0) is 11.4. The van der Waals surface area contributed by atoms with Crippen molar-refractivity contribution in [2.24, 2.45) is 0 Å². The topological polar surface area (TPSA) is 55.0 Å². The molecular formula is C12H12N2O2. The molecule has 1 aromatic carbocycles. The smallest absolute Gasteiger partial charge is 0.313 e. The molecule has 82 valence electrons. The van der Waals surface area contributed by atoms with Gasteiger partial charge in [0.2, 0.25) is 0 Å². The normalized spacial score (nSPS) is 10.1. The first-order valence-corrected chi connectivity index (χ1v) is 4.95. The molecule has 0 aliphatic rings. The molecule has 0 unspecified atom stereocenters. The van der Waals surface area contributed by atoms with E-state index in [2.05, 4.69) is 14.7 Å². The average Bonchev–Trinajstić information content (AvgIpc) is 2.78. The van der Waals surface area contributed by atoms with Gasteiger partial charge in [-0.25, -0.2) is 4.98 Å². The molecule has 0 radical (unpaired) electrons. The molecule has 0 saturated heterocycles. The molecule has 4 heteroatoms. The Hall–Kier alpha value is -2.10. The largest absolute Gasteiger partial charge is 0.469 e. The highest BCUT2D eigenvalue weighted by molar-refractivity contribution is 5.71. The number of H-pyrrole nitrogens is 1. The van der Waals surface area contributed by atoms with Gasteiger partial charge in [0, 0.05) is 0 Å². The highest BCUT2D eigenvalue weighted by atomic mass is 16.5. The second kappa shape index (κ2) is 4.61. The highest BCUT2D eigenvalue weighted by Gasteiger charge is 2.07. The molecule has 0 spiro atoms. The Bertz CT molecular complexity index is 477. The molecule has 0 saturated carbocycles. The first kappa shape index (κ1) is 10.4. The summed E-state index contributed by atoms with van der Waals surface area (Å²) in [7, 11) is 1.36. The van der Waals surface area contributed by atoms with Crippen LogP contribution in [0.1, 0.15) is 5.82 Å². The Morgan fingerprint density at radius 1 is 1.38 bits per heavy atom. The van der Waals surface area contributed by atoms with Crippen molar-refractivity contribution in [2.45, 2.75) is 6.42 Å². The lowest BCUT2D eigenvalue weighted by atomic mass is 10.2. The fourth-order valence-electron chi connectivity index (χ4n) is 1.43. The molecule has 0 bridgehead atoms. The van der Waals surface area contributed by atoms with Crippen LogP contribution in [0.2, 0.25) is 0 Å². The lowest BCUT2D eigenvalue weighted by Gasteiger charge is -1.96. The molecule has 0 amide bonds. The van der Waals surface area contributed by atoms with E-state index in [4.69, 9.17) is 0 Å². The lowest BCUT2D eigenvalue weighted by Crippen LogP contribution is -2.05. The minimum absolute atomic E-state index is 0.170. The summed E-state index contributed by atoms with van der Waals surface area (Å²) in [6.45, 7) is 0. The molecule has 2 aromatic rings. The van der Waals surface area contributed by atoms with E-state index in [1.165, 1.54) is 7.11 Å². The zero-order valence-corrected chi connectivity index (χ0v) is 8.93. The summed E-state index contributed by atoms with van der Waals surface area (Å²) in [6, 6.07) is 9.83. The second-order valence-electron chi connectivity index (χ2n) is 3.36. The van der Waals surface area contributed by atoms with E-state index in [0.717, 1.165) is 11.3 Å². The van der Waals surface area contributed by atoms with Gasteiger partial charge in [0.05, 0.1) is 19.0 Å². The van der Waals surface area contributed by atoms with Crippen molar-refractivity contribution in [3.63, 3.8) is 0 Å². The van der Waals surface area contributed by atoms with Gasteiger partial charge in [0.1, 0.15) is 12.2 Å². The van der Waals surface area contributed by atoms with Gasteiger partial charge in [-0.15, -0.1) is 0 Å². The number of carbonyl (C=O) groups excluding carboxylic acids is 1. The van der Waals surface area contributed by atoms with Gasteiger partial charge in [-0.2, -0.15) is 0 Å². The minimum atomic E-state index is -0.297. The van der Waals surface area contributed by atoms with Gasteiger partial charge in [0.25, 0.3) is 0 Å². The Morgan fingerprint density at radius 2 is 2.12 bits per heavy atom. The maximum atomic E-state index is 11.0.